The van der Waals surface area contributed by atoms with Crippen molar-refractivity contribution in [3.63, 3.8) is 0 Å². The number of aromatic carboxylic acids is 1. The van der Waals surface area contributed by atoms with Crippen LogP contribution in [0.2, 0.25) is 0 Å². The van der Waals surface area contributed by atoms with Gasteiger partial charge in [-0.25, -0.2) is 9.78 Å². The lowest BCUT2D eigenvalue weighted by Gasteiger charge is -2.38. The molecule has 6 heteroatoms. The van der Waals surface area contributed by atoms with E-state index in [0.29, 0.717) is 11.7 Å². The van der Waals surface area contributed by atoms with E-state index >= 15 is 0 Å². The van der Waals surface area contributed by atoms with Crippen LogP contribution in [0.4, 0.5) is 11.5 Å². The molecule has 0 radical (unpaired) electrons. The Morgan fingerprint density at radius 2 is 2.26 bits per heavy atom. The van der Waals surface area contributed by atoms with Gasteiger partial charge in [0, 0.05) is 31.9 Å². The number of hydrogen-bond acceptors (Lipinski definition) is 5. The molecule has 0 spiro atoms. The quantitative estimate of drug-likeness (QED) is 0.814. The van der Waals surface area contributed by atoms with Gasteiger partial charge in [0.2, 0.25) is 0 Å². The second-order valence-electron chi connectivity index (χ2n) is 5.22. The molecular weight excluding hydrogens is 244 g/mol. The summed E-state index contributed by atoms with van der Waals surface area (Å²) in [5, 5.41) is 8.92. The van der Waals surface area contributed by atoms with Crippen molar-refractivity contribution < 1.29 is 9.90 Å². The number of carboxylic acid groups (broad SMARTS) is 1. The van der Waals surface area contributed by atoms with Gasteiger partial charge in [-0.05, 0) is 25.5 Å². The third-order valence-electron chi connectivity index (χ3n) is 4.03. The van der Waals surface area contributed by atoms with Crippen LogP contribution in [0.5, 0.6) is 0 Å². The molecule has 102 valence electrons. The number of piperazine rings is 1. The Morgan fingerprint density at radius 1 is 1.42 bits per heavy atom. The molecule has 0 saturated carbocycles. The number of pyridine rings is 1. The van der Waals surface area contributed by atoms with Crippen LogP contribution in [0.3, 0.4) is 0 Å². The van der Waals surface area contributed by atoms with Gasteiger partial charge < -0.3 is 15.7 Å². The zero-order valence-corrected chi connectivity index (χ0v) is 10.7. The van der Waals surface area contributed by atoms with Gasteiger partial charge >= 0.3 is 5.97 Å². The number of nitrogens with two attached hydrogens (primary N) is 1. The summed E-state index contributed by atoms with van der Waals surface area (Å²) in [4.78, 5) is 19.8. The average Bonchev–Trinajstić information content (AvgIpc) is 2.85. The van der Waals surface area contributed by atoms with Crippen molar-refractivity contribution >= 4 is 17.5 Å². The second kappa shape index (κ2) is 4.70. The van der Waals surface area contributed by atoms with E-state index in [9.17, 15) is 4.79 Å². The van der Waals surface area contributed by atoms with E-state index in [-0.39, 0.29) is 5.56 Å². The number of carboxylic acids is 1. The fraction of sp³-hybridized carbons (Fsp3) is 0.538. The molecule has 1 aromatic heterocycles. The van der Waals surface area contributed by atoms with Crippen molar-refractivity contribution in [1.82, 2.24) is 9.88 Å². The highest BCUT2D eigenvalue weighted by Gasteiger charge is 2.31. The minimum Gasteiger partial charge on any atom is -0.478 e. The molecule has 3 N–H and O–H groups in total. The summed E-state index contributed by atoms with van der Waals surface area (Å²) in [7, 11) is 0. The molecule has 0 bridgehead atoms. The number of fused-ring (bicyclic) bond motifs is 1. The predicted octanol–water partition coefficient (Wildman–Crippen LogP) is 0.646. The number of carbonyl (C=O) groups is 1. The molecule has 0 amide bonds. The zero-order chi connectivity index (χ0) is 13.4. The Hall–Kier alpha value is -1.82. The van der Waals surface area contributed by atoms with Gasteiger partial charge in [-0.1, -0.05) is 0 Å². The van der Waals surface area contributed by atoms with E-state index in [1.807, 2.05) is 0 Å². The number of aromatic nitrogens is 1. The maximum atomic E-state index is 10.9. The number of anilines is 2. The minimum absolute atomic E-state index is 0.140. The SMILES string of the molecule is Nc1cc(C(=O)O)cnc1N1CCN2CCCC2C1. The molecular formula is C13H18N4O2. The standard InChI is InChI=1S/C13H18N4O2/c14-11-6-9(13(18)19)7-15-12(11)17-5-4-16-3-1-2-10(16)8-17/h6-7,10H,1-5,8,14H2,(H,18,19). The summed E-state index contributed by atoms with van der Waals surface area (Å²) < 4.78 is 0. The highest BCUT2D eigenvalue weighted by Crippen LogP contribution is 2.27. The van der Waals surface area contributed by atoms with Crippen molar-refractivity contribution in [3.8, 4) is 0 Å². The van der Waals surface area contributed by atoms with Crippen molar-refractivity contribution in [1.29, 1.82) is 0 Å². The third kappa shape index (κ3) is 2.23. The van der Waals surface area contributed by atoms with Gasteiger partial charge in [-0.3, -0.25) is 4.90 Å². The van der Waals surface area contributed by atoms with Crippen molar-refractivity contribution in [2.75, 3.05) is 36.8 Å². The first-order chi connectivity index (χ1) is 9.15. The van der Waals surface area contributed by atoms with Gasteiger partial charge in [-0.2, -0.15) is 0 Å². The van der Waals surface area contributed by atoms with Crippen LogP contribution in [-0.2, 0) is 0 Å². The van der Waals surface area contributed by atoms with Gasteiger partial charge in [-0.15, -0.1) is 0 Å². The van der Waals surface area contributed by atoms with Crippen LogP contribution in [-0.4, -0.2) is 53.2 Å². The first-order valence-corrected chi connectivity index (χ1v) is 6.63. The van der Waals surface area contributed by atoms with Crippen molar-refractivity contribution in [2.45, 2.75) is 18.9 Å². The highest BCUT2D eigenvalue weighted by molar-refractivity contribution is 5.89. The summed E-state index contributed by atoms with van der Waals surface area (Å²) in [5.41, 5.74) is 6.54. The highest BCUT2D eigenvalue weighted by atomic mass is 16.4. The predicted molar refractivity (Wildman–Crippen MR) is 72.4 cm³/mol. The van der Waals surface area contributed by atoms with E-state index in [0.717, 1.165) is 25.5 Å². The number of nitrogen functional groups attached to an aromatic ring is 1. The number of nitrogens with zero attached hydrogens (tertiary/aromatic N) is 3. The van der Waals surface area contributed by atoms with Crippen LogP contribution >= 0.6 is 0 Å². The van der Waals surface area contributed by atoms with Crippen LogP contribution in [0.15, 0.2) is 12.3 Å². The molecule has 1 unspecified atom stereocenters. The van der Waals surface area contributed by atoms with Crippen molar-refractivity contribution in [3.05, 3.63) is 17.8 Å². The van der Waals surface area contributed by atoms with E-state index in [2.05, 4.69) is 14.8 Å². The molecule has 19 heavy (non-hydrogen) atoms. The van der Waals surface area contributed by atoms with Gasteiger partial charge in [0.1, 0.15) is 0 Å². The molecule has 0 aliphatic carbocycles. The Labute approximate surface area is 111 Å². The molecule has 2 saturated heterocycles. The first-order valence-electron chi connectivity index (χ1n) is 6.63. The molecule has 3 rings (SSSR count). The van der Waals surface area contributed by atoms with E-state index in [1.54, 1.807) is 0 Å². The summed E-state index contributed by atoms with van der Waals surface area (Å²) >= 11 is 0. The van der Waals surface area contributed by atoms with Crippen LogP contribution in [0.25, 0.3) is 0 Å². The molecule has 2 fully saturated rings. The molecule has 3 heterocycles. The Balaban J connectivity index is 1.80. The molecule has 6 nitrogen and oxygen atoms in total. The minimum atomic E-state index is -0.994. The summed E-state index contributed by atoms with van der Waals surface area (Å²) in [5.74, 6) is -0.275. The molecule has 2 aliphatic rings. The van der Waals surface area contributed by atoms with Crippen LogP contribution < -0.4 is 10.6 Å². The maximum Gasteiger partial charge on any atom is 0.337 e. The fourth-order valence-corrected chi connectivity index (χ4v) is 3.04. The van der Waals surface area contributed by atoms with E-state index in [1.165, 1.54) is 31.6 Å². The largest absolute Gasteiger partial charge is 0.478 e. The lowest BCUT2D eigenvalue weighted by Crippen LogP contribution is -2.50. The monoisotopic (exact) mass is 262 g/mol. The maximum absolute atomic E-state index is 10.9. The summed E-state index contributed by atoms with van der Waals surface area (Å²) in [6, 6.07) is 2.08. The number of hydrogen-bond donors (Lipinski definition) is 2. The lowest BCUT2D eigenvalue weighted by molar-refractivity contribution is 0.0696. The third-order valence-corrected chi connectivity index (χ3v) is 4.03. The molecule has 0 aromatic carbocycles. The smallest absolute Gasteiger partial charge is 0.337 e. The van der Waals surface area contributed by atoms with Crippen molar-refractivity contribution in [2.24, 2.45) is 0 Å². The fourth-order valence-electron chi connectivity index (χ4n) is 3.04. The first kappa shape index (κ1) is 12.2. The number of rotatable bonds is 2. The zero-order valence-electron chi connectivity index (χ0n) is 10.7. The Kier molecular flexibility index (Phi) is 3.02. The van der Waals surface area contributed by atoms with Crippen LogP contribution in [0.1, 0.15) is 23.2 Å². The molecule has 2 aliphatic heterocycles. The van der Waals surface area contributed by atoms with E-state index in [4.69, 9.17) is 10.8 Å². The summed E-state index contributed by atoms with van der Waals surface area (Å²) in [6.07, 6.45) is 3.87. The van der Waals surface area contributed by atoms with Gasteiger partial charge in [0.25, 0.3) is 0 Å². The van der Waals surface area contributed by atoms with Gasteiger partial charge in [0.15, 0.2) is 5.82 Å². The molecule has 1 atom stereocenters. The van der Waals surface area contributed by atoms with Crippen LogP contribution in [0, 0.1) is 0 Å². The van der Waals surface area contributed by atoms with E-state index < -0.39 is 5.97 Å². The molecule has 1 aromatic rings. The van der Waals surface area contributed by atoms with Gasteiger partial charge in [0.05, 0.1) is 11.3 Å². The second-order valence-corrected chi connectivity index (χ2v) is 5.22. The normalized spacial score (nSPS) is 23.4. The summed E-state index contributed by atoms with van der Waals surface area (Å²) in [6.45, 7) is 4.07. The lowest BCUT2D eigenvalue weighted by atomic mass is 10.1. The topological polar surface area (TPSA) is 82.7 Å². The Bertz CT molecular complexity index is 505. The Morgan fingerprint density at radius 3 is 3.00 bits per heavy atom. The average molecular weight is 262 g/mol.